The first kappa shape index (κ1) is 14.8. The smallest absolute Gasteiger partial charge is 0.134 e. The van der Waals surface area contributed by atoms with Crippen molar-refractivity contribution in [2.24, 2.45) is 11.3 Å². The monoisotopic (exact) mass is 289 g/mol. The second-order valence-electron chi connectivity index (χ2n) is 7.61. The summed E-state index contributed by atoms with van der Waals surface area (Å²) in [5.41, 5.74) is 8.65. The minimum atomic E-state index is 0.415. The lowest BCUT2D eigenvalue weighted by Crippen LogP contribution is -2.26. The number of ether oxygens (including phenoxy) is 1. The highest BCUT2D eigenvalue weighted by Crippen LogP contribution is 2.42. The molecule has 2 N–H and O–H groups in total. The Hall–Kier alpha value is -1.16. The van der Waals surface area contributed by atoms with Gasteiger partial charge in [-0.15, -0.1) is 0 Å². The van der Waals surface area contributed by atoms with E-state index in [1.807, 2.05) is 0 Å². The van der Waals surface area contributed by atoms with Crippen molar-refractivity contribution in [2.45, 2.75) is 65.4 Å². The highest BCUT2D eigenvalue weighted by Gasteiger charge is 2.31. The number of nitrogen functional groups attached to an aromatic ring is 1. The summed E-state index contributed by atoms with van der Waals surface area (Å²) in [6, 6.07) is 0. The molecule has 0 saturated heterocycles. The van der Waals surface area contributed by atoms with E-state index in [1.165, 1.54) is 25.7 Å². The first-order valence-corrected chi connectivity index (χ1v) is 8.18. The van der Waals surface area contributed by atoms with Crippen LogP contribution in [-0.4, -0.2) is 16.6 Å². The Labute approximate surface area is 127 Å². The first-order valence-electron chi connectivity index (χ1n) is 8.18. The SMILES string of the molecule is CC(C)(C)C1CCC(c2nc(N)c3c(n2)CCOC3)CC1. The van der Waals surface area contributed by atoms with Crippen molar-refractivity contribution in [2.75, 3.05) is 12.3 Å². The van der Waals surface area contributed by atoms with Gasteiger partial charge in [-0.25, -0.2) is 9.97 Å². The molecule has 0 spiro atoms. The van der Waals surface area contributed by atoms with Crippen LogP contribution in [0, 0.1) is 11.3 Å². The lowest BCUT2D eigenvalue weighted by molar-refractivity contribution is 0.109. The summed E-state index contributed by atoms with van der Waals surface area (Å²) in [5, 5.41) is 0. The fraction of sp³-hybridized carbons (Fsp3) is 0.765. The Morgan fingerprint density at radius 2 is 1.81 bits per heavy atom. The van der Waals surface area contributed by atoms with Gasteiger partial charge in [-0.3, -0.25) is 0 Å². The minimum Gasteiger partial charge on any atom is -0.383 e. The number of nitrogens with two attached hydrogens (primary N) is 1. The number of fused-ring (bicyclic) bond motifs is 1. The Kier molecular flexibility index (Phi) is 3.91. The number of aromatic nitrogens is 2. The van der Waals surface area contributed by atoms with Gasteiger partial charge < -0.3 is 10.5 Å². The van der Waals surface area contributed by atoms with Gasteiger partial charge in [0, 0.05) is 17.9 Å². The predicted octanol–water partition coefficient (Wildman–Crippen LogP) is 3.45. The zero-order valence-electron chi connectivity index (χ0n) is 13.5. The summed E-state index contributed by atoms with van der Waals surface area (Å²) in [5.74, 6) is 2.91. The number of rotatable bonds is 1. The lowest BCUT2D eigenvalue weighted by atomic mass is 9.69. The maximum absolute atomic E-state index is 6.11. The third-order valence-corrected chi connectivity index (χ3v) is 5.19. The molecule has 0 unspecified atom stereocenters. The summed E-state index contributed by atoms with van der Waals surface area (Å²) < 4.78 is 5.45. The van der Waals surface area contributed by atoms with Crippen molar-refractivity contribution >= 4 is 5.82 Å². The van der Waals surface area contributed by atoms with E-state index in [1.54, 1.807) is 0 Å². The molecule has 0 bridgehead atoms. The average Bonchev–Trinajstić information content (AvgIpc) is 2.46. The molecule has 1 aliphatic carbocycles. The van der Waals surface area contributed by atoms with Crippen molar-refractivity contribution in [1.82, 2.24) is 9.97 Å². The standard InChI is InChI=1S/C17H27N3O/c1-17(2,3)12-6-4-11(5-7-12)16-19-14-8-9-21-10-13(14)15(18)20-16/h11-12H,4-10H2,1-3H3,(H2,18,19,20). The molecule has 2 heterocycles. The van der Waals surface area contributed by atoms with Gasteiger partial charge >= 0.3 is 0 Å². The second-order valence-corrected chi connectivity index (χ2v) is 7.61. The first-order chi connectivity index (χ1) is 9.95. The maximum atomic E-state index is 6.11. The van der Waals surface area contributed by atoms with Crippen LogP contribution in [-0.2, 0) is 17.8 Å². The Balaban J connectivity index is 1.75. The largest absolute Gasteiger partial charge is 0.383 e. The molecular weight excluding hydrogens is 262 g/mol. The van der Waals surface area contributed by atoms with Crippen LogP contribution in [0.25, 0.3) is 0 Å². The van der Waals surface area contributed by atoms with Crippen LogP contribution >= 0.6 is 0 Å². The molecule has 1 aromatic rings. The van der Waals surface area contributed by atoms with Crippen LogP contribution in [0.5, 0.6) is 0 Å². The van der Waals surface area contributed by atoms with E-state index in [0.717, 1.165) is 36.0 Å². The average molecular weight is 289 g/mol. The van der Waals surface area contributed by atoms with E-state index < -0.39 is 0 Å². The number of hydrogen-bond donors (Lipinski definition) is 1. The van der Waals surface area contributed by atoms with Crippen molar-refractivity contribution in [3.63, 3.8) is 0 Å². The normalized spacial score (nSPS) is 26.4. The van der Waals surface area contributed by atoms with E-state index in [-0.39, 0.29) is 0 Å². The van der Waals surface area contributed by atoms with E-state index in [4.69, 9.17) is 15.5 Å². The number of nitrogens with zero attached hydrogens (tertiary/aromatic N) is 2. The topological polar surface area (TPSA) is 61.0 Å². The van der Waals surface area contributed by atoms with Gasteiger partial charge in [0.1, 0.15) is 11.6 Å². The molecule has 4 nitrogen and oxygen atoms in total. The van der Waals surface area contributed by atoms with Gasteiger partial charge in [0.25, 0.3) is 0 Å². The van der Waals surface area contributed by atoms with Crippen LogP contribution in [0.3, 0.4) is 0 Å². The molecule has 21 heavy (non-hydrogen) atoms. The van der Waals surface area contributed by atoms with Gasteiger partial charge in [-0.2, -0.15) is 0 Å². The van der Waals surface area contributed by atoms with E-state index >= 15 is 0 Å². The molecule has 1 aromatic heterocycles. The van der Waals surface area contributed by atoms with Gasteiger partial charge in [-0.1, -0.05) is 20.8 Å². The highest BCUT2D eigenvalue weighted by atomic mass is 16.5. The van der Waals surface area contributed by atoms with E-state index in [0.29, 0.717) is 23.8 Å². The Morgan fingerprint density at radius 3 is 2.48 bits per heavy atom. The summed E-state index contributed by atoms with van der Waals surface area (Å²) in [6.07, 6.45) is 5.80. The molecule has 1 saturated carbocycles. The molecule has 116 valence electrons. The van der Waals surface area contributed by atoms with Crippen molar-refractivity contribution < 1.29 is 4.74 Å². The van der Waals surface area contributed by atoms with Gasteiger partial charge in [0.2, 0.25) is 0 Å². The molecule has 0 amide bonds. The zero-order valence-corrected chi connectivity index (χ0v) is 13.5. The number of hydrogen-bond acceptors (Lipinski definition) is 4. The van der Waals surface area contributed by atoms with E-state index in [9.17, 15) is 0 Å². The number of anilines is 1. The molecule has 0 aromatic carbocycles. The Morgan fingerprint density at radius 1 is 1.10 bits per heavy atom. The Bertz CT molecular complexity index is 514. The molecular formula is C17H27N3O. The van der Waals surface area contributed by atoms with Crippen LogP contribution in [0.15, 0.2) is 0 Å². The van der Waals surface area contributed by atoms with E-state index in [2.05, 4.69) is 25.8 Å². The van der Waals surface area contributed by atoms with Crippen LogP contribution in [0.4, 0.5) is 5.82 Å². The van der Waals surface area contributed by atoms with Gasteiger partial charge in [0.05, 0.1) is 18.9 Å². The molecule has 0 atom stereocenters. The fourth-order valence-electron chi connectivity index (χ4n) is 3.68. The lowest BCUT2D eigenvalue weighted by Gasteiger charge is -2.36. The zero-order chi connectivity index (χ0) is 15.0. The maximum Gasteiger partial charge on any atom is 0.134 e. The van der Waals surface area contributed by atoms with Crippen LogP contribution in [0.2, 0.25) is 0 Å². The van der Waals surface area contributed by atoms with Crippen molar-refractivity contribution in [3.8, 4) is 0 Å². The second kappa shape index (κ2) is 5.56. The third kappa shape index (κ3) is 3.05. The molecule has 2 aliphatic rings. The summed E-state index contributed by atoms with van der Waals surface area (Å²) in [7, 11) is 0. The fourth-order valence-corrected chi connectivity index (χ4v) is 3.68. The van der Waals surface area contributed by atoms with Crippen LogP contribution in [0.1, 0.15) is 69.5 Å². The van der Waals surface area contributed by atoms with Crippen molar-refractivity contribution in [1.29, 1.82) is 0 Å². The molecule has 1 aliphatic heterocycles. The highest BCUT2D eigenvalue weighted by molar-refractivity contribution is 5.43. The predicted molar refractivity (Wildman–Crippen MR) is 84.0 cm³/mol. The summed E-state index contributed by atoms with van der Waals surface area (Å²) in [4.78, 5) is 9.40. The van der Waals surface area contributed by atoms with Gasteiger partial charge in [0.15, 0.2) is 0 Å². The molecule has 1 fully saturated rings. The van der Waals surface area contributed by atoms with Gasteiger partial charge in [-0.05, 0) is 37.0 Å². The van der Waals surface area contributed by atoms with Crippen LogP contribution < -0.4 is 5.73 Å². The summed E-state index contributed by atoms with van der Waals surface area (Å²) in [6.45, 7) is 8.38. The molecule has 3 rings (SSSR count). The third-order valence-electron chi connectivity index (χ3n) is 5.19. The molecule has 4 heteroatoms. The van der Waals surface area contributed by atoms with Crippen molar-refractivity contribution in [3.05, 3.63) is 17.1 Å². The summed E-state index contributed by atoms with van der Waals surface area (Å²) >= 11 is 0. The minimum absolute atomic E-state index is 0.415. The quantitative estimate of drug-likeness (QED) is 0.860. The molecule has 0 radical (unpaired) electrons.